The predicted molar refractivity (Wildman–Crippen MR) is 80.5 cm³/mol. The lowest BCUT2D eigenvalue weighted by molar-refractivity contribution is 0.524. The summed E-state index contributed by atoms with van der Waals surface area (Å²) in [6, 6.07) is 3.84. The highest BCUT2D eigenvalue weighted by Crippen LogP contribution is 2.23. The first-order chi connectivity index (χ1) is 8.34. The summed E-state index contributed by atoms with van der Waals surface area (Å²) < 4.78 is 15.8. The Morgan fingerprint density at radius 1 is 1.61 bits per heavy atom. The number of hydrogen-bond acceptors (Lipinski definition) is 3. The van der Waals surface area contributed by atoms with Crippen molar-refractivity contribution in [2.24, 2.45) is 0 Å². The van der Waals surface area contributed by atoms with E-state index in [4.69, 9.17) is 0 Å². The molecular formula is C13H19BrN2OS. The first-order valence-corrected chi connectivity index (χ1v) is 7.69. The maximum atomic E-state index is 12.1. The minimum atomic E-state index is -1.11. The number of aromatic nitrogens is 1. The van der Waals surface area contributed by atoms with E-state index in [2.05, 4.69) is 32.2 Å². The van der Waals surface area contributed by atoms with Crippen molar-refractivity contribution in [2.45, 2.75) is 38.0 Å². The molecule has 2 atom stereocenters. The normalized spacial score (nSPS) is 15.2. The van der Waals surface area contributed by atoms with Crippen LogP contribution in [0.3, 0.4) is 0 Å². The van der Waals surface area contributed by atoms with E-state index in [1.807, 2.05) is 39.0 Å². The molecule has 1 N–H and O–H groups in total. The fraction of sp³-hybridized carbons (Fsp3) is 0.462. The van der Waals surface area contributed by atoms with Gasteiger partial charge in [0.1, 0.15) is 9.35 Å². The average Bonchev–Trinajstić information content (AvgIpc) is 2.27. The number of hydrogen-bond donors (Lipinski definition) is 1. The van der Waals surface area contributed by atoms with Crippen LogP contribution in [0, 0.1) is 0 Å². The molecular weight excluding hydrogens is 312 g/mol. The molecule has 0 saturated carbocycles. The Balaban J connectivity index is 2.86. The molecule has 1 rings (SSSR count). The zero-order valence-corrected chi connectivity index (χ0v) is 13.3. The molecule has 0 amide bonds. The van der Waals surface area contributed by atoms with E-state index in [1.54, 1.807) is 6.20 Å². The first kappa shape index (κ1) is 15.7. The molecule has 3 nitrogen and oxygen atoms in total. The third kappa shape index (κ3) is 4.72. The summed E-state index contributed by atoms with van der Waals surface area (Å²) in [6.45, 7) is 9.60. The van der Waals surface area contributed by atoms with Gasteiger partial charge in [0.25, 0.3) is 0 Å². The van der Waals surface area contributed by atoms with Crippen molar-refractivity contribution in [2.75, 3.05) is 0 Å². The predicted octanol–water partition coefficient (Wildman–Crippen LogP) is 3.51. The molecule has 0 radical (unpaired) electrons. The van der Waals surface area contributed by atoms with Gasteiger partial charge in [-0.05, 0) is 60.8 Å². The Kier molecular flexibility index (Phi) is 5.85. The molecule has 100 valence electrons. The summed E-state index contributed by atoms with van der Waals surface area (Å²) in [5, 5.41) is 0. The Morgan fingerprint density at radius 2 is 2.28 bits per heavy atom. The second-order valence-corrected chi connectivity index (χ2v) is 7.80. The van der Waals surface area contributed by atoms with E-state index in [0.717, 1.165) is 16.6 Å². The second kappa shape index (κ2) is 6.70. The summed E-state index contributed by atoms with van der Waals surface area (Å²) in [5.41, 5.74) is 1.05. The highest BCUT2D eigenvalue weighted by molar-refractivity contribution is 9.10. The van der Waals surface area contributed by atoms with Gasteiger partial charge in [-0.25, -0.2) is 4.98 Å². The van der Waals surface area contributed by atoms with Gasteiger partial charge in [0, 0.05) is 17.6 Å². The van der Waals surface area contributed by atoms with Crippen molar-refractivity contribution in [1.82, 2.24) is 9.71 Å². The molecule has 18 heavy (non-hydrogen) atoms. The van der Waals surface area contributed by atoms with E-state index >= 15 is 0 Å². The van der Waals surface area contributed by atoms with Gasteiger partial charge in [-0.3, -0.25) is 0 Å². The summed E-state index contributed by atoms with van der Waals surface area (Å²) in [6.07, 6.45) is 4.28. The SMILES string of the molecule is C=CC[C@H](N[S+]([O-])C(C)(C)C)c1ccnc(Br)c1. The van der Waals surface area contributed by atoms with E-state index < -0.39 is 11.4 Å². The number of halogens is 1. The molecule has 0 aliphatic carbocycles. The number of nitrogens with zero attached hydrogens (tertiary/aromatic N) is 1. The van der Waals surface area contributed by atoms with Crippen LogP contribution in [-0.4, -0.2) is 14.3 Å². The summed E-state index contributed by atoms with van der Waals surface area (Å²) in [5.74, 6) is 0. The molecule has 5 heteroatoms. The Labute approximate surface area is 121 Å². The quantitative estimate of drug-likeness (QED) is 0.510. The molecule has 0 saturated heterocycles. The van der Waals surface area contributed by atoms with Gasteiger partial charge in [0.05, 0.1) is 6.04 Å². The lowest BCUT2D eigenvalue weighted by atomic mass is 10.1. The van der Waals surface area contributed by atoms with Gasteiger partial charge in [0.2, 0.25) is 0 Å². The van der Waals surface area contributed by atoms with Gasteiger partial charge < -0.3 is 4.55 Å². The Morgan fingerprint density at radius 3 is 2.78 bits per heavy atom. The van der Waals surface area contributed by atoms with Crippen LogP contribution >= 0.6 is 15.9 Å². The molecule has 0 spiro atoms. The summed E-state index contributed by atoms with van der Waals surface area (Å²) in [7, 11) is 0. The Hall–Kier alpha value is -0.360. The zero-order chi connectivity index (χ0) is 13.8. The second-order valence-electron chi connectivity index (χ2n) is 4.99. The van der Waals surface area contributed by atoms with Crippen LogP contribution in [0.15, 0.2) is 35.6 Å². The topological polar surface area (TPSA) is 48.0 Å². The number of rotatable bonds is 5. The van der Waals surface area contributed by atoms with Crippen LogP contribution < -0.4 is 4.72 Å². The van der Waals surface area contributed by atoms with Gasteiger partial charge in [0.15, 0.2) is 0 Å². The number of nitrogens with one attached hydrogen (secondary N) is 1. The molecule has 0 aliphatic rings. The molecule has 0 fully saturated rings. The van der Waals surface area contributed by atoms with Crippen LogP contribution in [0.1, 0.15) is 38.8 Å². The molecule has 1 unspecified atom stereocenters. The minimum absolute atomic E-state index is 0.0122. The van der Waals surface area contributed by atoms with Crippen LogP contribution in [0.25, 0.3) is 0 Å². The van der Waals surface area contributed by atoms with Gasteiger partial charge >= 0.3 is 0 Å². The van der Waals surface area contributed by atoms with Crippen molar-refractivity contribution < 1.29 is 4.55 Å². The largest absolute Gasteiger partial charge is 0.598 e. The fourth-order valence-corrected chi connectivity index (χ4v) is 2.59. The van der Waals surface area contributed by atoms with Crippen molar-refractivity contribution in [1.29, 1.82) is 0 Å². The van der Waals surface area contributed by atoms with Gasteiger partial charge in [-0.2, -0.15) is 0 Å². The third-order valence-corrected chi connectivity index (χ3v) is 4.41. The van der Waals surface area contributed by atoms with Crippen molar-refractivity contribution in [3.05, 3.63) is 41.2 Å². The highest BCUT2D eigenvalue weighted by atomic mass is 79.9. The lowest BCUT2D eigenvalue weighted by Gasteiger charge is -2.27. The Bertz CT molecular complexity index is 406. The van der Waals surface area contributed by atoms with E-state index in [9.17, 15) is 4.55 Å². The monoisotopic (exact) mass is 330 g/mol. The minimum Gasteiger partial charge on any atom is -0.598 e. The molecule has 1 heterocycles. The standard InChI is InChI=1S/C13H19BrN2OS/c1-5-6-11(16-18(17)13(2,3)4)10-7-8-15-12(14)9-10/h5,7-9,11,16H,1,6H2,2-4H3/t11-,18?/m0/s1. The van der Waals surface area contributed by atoms with Crippen LogP contribution in [0.5, 0.6) is 0 Å². The van der Waals surface area contributed by atoms with E-state index in [0.29, 0.717) is 0 Å². The van der Waals surface area contributed by atoms with Crippen LogP contribution in [0.2, 0.25) is 0 Å². The van der Waals surface area contributed by atoms with Crippen molar-refractivity contribution >= 4 is 27.3 Å². The molecule has 1 aromatic rings. The number of pyridine rings is 1. The zero-order valence-electron chi connectivity index (χ0n) is 10.9. The maximum Gasteiger partial charge on any atom is 0.136 e. The van der Waals surface area contributed by atoms with Crippen molar-refractivity contribution in [3.63, 3.8) is 0 Å². The first-order valence-electron chi connectivity index (χ1n) is 5.75. The van der Waals surface area contributed by atoms with Crippen LogP contribution in [-0.2, 0) is 11.4 Å². The molecule has 0 aromatic carbocycles. The molecule has 0 aliphatic heterocycles. The van der Waals surface area contributed by atoms with Crippen molar-refractivity contribution in [3.8, 4) is 0 Å². The highest BCUT2D eigenvalue weighted by Gasteiger charge is 2.29. The van der Waals surface area contributed by atoms with E-state index in [-0.39, 0.29) is 10.8 Å². The van der Waals surface area contributed by atoms with E-state index in [1.165, 1.54) is 0 Å². The fourth-order valence-electron chi connectivity index (χ4n) is 1.36. The van der Waals surface area contributed by atoms with Crippen LogP contribution in [0.4, 0.5) is 0 Å². The molecule has 0 bridgehead atoms. The molecule has 1 aromatic heterocycles. The summed E-state index contributed by atoms with van der Waals surface area (Å²) >= 11 is 2.24. The maximum absolute atomic E-state index is 12.1. The lowest BCUT2D eigenvalue weighted by Crippen LogP contribution is -2.41. The summed E-state index contributed by atoms with van der Waals surface area (Å²) in [4.78, 5) is 4.10. The van der Waals surface area contributed by atoms with Gasteiger partial charge in [-0.1, -0.05) is 6.08 Å². The average molecular weight is 331 g/mol. The third-order valence-electron chi connectivity index (χ3n) is 2.36. The van der Waals surface area contributed by atoms with Gasteiger partial charge in [-0.15, -0.1) is 11.3 Å². The smallest absolute Gasteiger partial charge is 0.136 e.